The van der Waals surface area contributed by atoms with Crippen molar-refractivity contribution in [1.29, 1.82) is 0 Å². The van der Waals surface area contributed by atoms with Crippen LogP contribution in [0.25, 0.3) is 0 Å². The van der Waals surface area contributed by atoms with E-state index in [1.54, 1.807) is 37.4 Å². The SMILES string of the molecule is COc1ccc(S(=O)(=O)N2CCN(Cc3ccccc3F)CC2)cc1C. The number of hydrogen-bond donors (Lipinski definition) is 0. The topological polar surface area (TPSA) is 49.9 Å². The lowest BCUT2D eigenvalue weighted by molar-refractivity contribution is 0.180. The number of rotatable bonds is 5. The highest BCUT2D eigenvalue weighted by molar-refractivity contribution is 7.89. The minimum Gasteiger partial charge on any atom is -0.496 e. The van der Waals surface area contributed by atoms with Gasteiger partial charge in [-0.3, -0.25) is 4.90 Å². The first-order valence-corrected chi connectivity index (χ1v) is 9.96. The van der Waals surface area contributed by atoms with Gasteiger partial charge in [-0.1, -0.05) is 18.2 Å². The second-order valence-electron chi connectivity index (χ2n) is 6.40. The van der Waals surface area contributed by atoms with E-state index in [2.05, 4.69) is 4.90 Å². The quantitative estimate of drug-likeness (QED) is 0.803. The van der Waals surface area contributed by atoms with Crippen molar-refractivity contribution in [3.63, 3.8) is 0 Å². The maximum absolute atomic E-state index is 13.8. The van der Waals surface area contributed by atoms with Crippen molar-refractivity contribution in [2.45, 2.75) is 18.4 Å². The number of sulfonamides is 1. The number of ether oxygens (including phenoxy) is 1. The molecule has 0 aliphatic carbocycles. The molecule has 7 heteroatoms. The second kappa shape index (κ2) is 7.73. The molecule has 0 amide bonds. The van der Waals surface area contributed by atoms with Crippen LogP contribution < -0.4 is 4.74 Å². The maximum Gasteiger partial charge on any atom is 0.243 e. The van der Waals surface area contributed by atoms with Gasteiger partial charge >= 0.3 is 0 Å². The fourth-order valence-electron chi connectivity index (χ4n) is 3.16. The minimum atomic E-state index is -3.54. The van der Waals surface area contributed by atoms with Crippen molar-refractivity contribution in [2.24, 2.45) is 0 Å². The molecule has 3 rings (SSSR count). The molecule has 1 saturated heterocycles. The summed E-state index contributed by atoms with van der Waals surface area (Å²) in [5, 5.41) is 0. The van der Waals surface area contributed by atoms with Gasteiger partial charge in [0.2, 0.25) is 10.0 Å². The molecule has 0 unspecified atom stereocenters. The molecule has 0 aromatic heterocycles. The molecular formula is C19H23FN2O3S. The predicted molar refractivity (Wildman–Crippen MR) is 98.2 cm³/mol. The van der Waals surface area contributed by atoms with Crippen molar-refractivity contribution in [2.75, 3.05) is 33.3 Å². The predicted octanol–water partition coefficient (Wildman–Crippen LogP) is 2.65. The van der Waals surface area contributed by atoms with Gasteiger partial charge in [-0.05, 0) is 36.8 Å². The molecule has 5 nitrogen and oxygen atoms in total. The standard InChI is InChI=1S/C19H23FN2O3S/c1-15-13-17(7-8-19(15)25-2)26(23,24)22-11-9-21(10-12-22)14-16-5-3-4-6-18(16)20/h3-8,13H,9-12,14H2,1-2H3. The van der Waals surface area contributed by atoms with E-state index >= 15 is 0 Å². The average molecular weight is 378 g/mol. The van der Waals surface area contributed by atoms with E-state index in [0.29, 0.717) is 44.0 Å². The third-order valence-electron chi connectivity index (χ3n) is 4.69. The van der Waals surface area contributed by atoms with Gasteiger partial charge in [0, 0.05) is 38.3 Å². The lowest BCUT2D eigenvalue weighted by atomic mass is 10.2. The highest BCUT2D eigenvalue weighted by Gasteiger charge is 2.29. The molecule has 26 heavy (non-hydrogen) atoms. The van der Waals surface area contributed by atoms with Gasteiger partial charge in [0.25, 0.3) is 0 Å². The number of benzene rings is 2. The van der Waals surface area contributed by atoms with Crippen LogP contribution in [0.3, 0.4) is 0 Å². The fraction of sp³-hybridized carbons (Fsp3) is 0.368. The Morgan fingerprint density at radius 3 is 2.38 bits per heavy atom. The molecule has 0 N–H and O–H groups in total. The van der Waals surface area contributed by atoms with Gasteiger partial charge in [0.15, 0.2) is 0 Å². The molecule has 2 aromatic carbocycles. The fourth-order valence-corrected chi connectivity index (χ4v) is 4.66. The Bertz CT molecular complexity index is 878. The minimum absolute atomic E-state index is 0.226. The van der Waals surface area contributed by atoms with E-state index in [4.69, 9.17) is 4.74 Å². The van der Waals surface area contributed by atoms with Crippen LogP contribution in [0.1, 0.15) is 11.1 Å². The first kappa shape index (κ1) is 18.8. The van der Waals surface area contributed by atoms with Gasteiger partial charge in [-0.15, -0.1) is 0 Å². The monoisotopic (exact) mass is 378 g/mol. The smallest absolute Gasteiger partial charge is 0.243 e. The van der Waals surface area contributed by atoms with E-state index in [9.17, 15) is 12.8 Å². The van der Waals surface area contributed by atoms with Crippen molar-refractivity contribution >= 4 is 10.0 Å². The van der Waals surface area contributed by atoms with Crippen LogP contribution in [0.5, 0.6) is 5.75 Å². The molecule has 0 spiro atoms. The number of hydrogen-bond acceptors (Lipinski definition) is 4. The van der Waals surface area contributed by atoms with Gasteiger partial charge in [-0.25, -0.2) is 12.8 Å². The van der Waals surface area contributed by atoms with Crippen LogP contribution in [0.2, 0.25) is 0 Å². The van der Waals surface area contributed by atoms with Crippen molar-refractivity contribution in [1.82, 2.24) is 9.21 Å². The molecule has 0 radical (unpaired) electrons. The largest absolute Gasteiger partial charge is 0.496 e. The number of nitrogens with zero attached hydrogens (tertiary/aromatic N) is 2. The molecule has 2 aromatic rings. The zero-order valence-corrected chi connectivity index (χ0v) is 15.8. The van der Waals surface area contributed by atoms with Crippen LogP contribution >= 0.6 is 0 Å². The van der Waals surface area contributed by atoms with Gasteiger partial charge < -0.3 is 4.74 Å². The van der Waals surface area contributed by atoms with E-state index < -0.39 is 10.0 Å². The molecule has 0 atom stereocenters. The summed E-state index contributed by atoms with van der Waals surface area (Å²) in [7, 11) is -1.98. The first-order chi connectivity index (χ1) is 12.4. The average Bonchev–Trinajstić information content (AvgIpc) is 2.64. The number of aryl methyl sites for hydroxylation is 1. The van der Waals surface area contributed by atoms with Crippen molar-refractivity contribution < 1.29 is 17.5 Å². The molecular weight excluding hydrogens is 355 g/mol. The number of halogens is 1. The summed E-state index contributed by atoms with van der Waals surface area (Å²) in [5.74, 6) is 0.440. The molecule has 0 saturated carbocycles. The summed E-state index contributed by atoms with van der Waals surface area (Å²) in [6.07, 6.45) is 0. The second-order valence-corrected chi connectivity index (χ2v) is 8.34. The maximum atomic E-state index is 13.8. The summed E-state index contributed by atoms with van der Waals surface area (Å²) in [4.78, 5) is 2.35. The highest BCUT2D eigenvalue weighted by Crippen LogP contribution is 2.24. The third kappa shape index (κ3) is 3.90. The summed E-state index contributed by atoms with van der Waals surface area (Å²) in [6.45, 7) is 4.24. The van der Waals surface area contributed by atoms with E-state index in [-0.39, 0.29) is 10.7 Å². The van der Waals surface area contributed by atoms with Crippen LogP contribution in [0.15, 0.2) is 47.4 Å². The zero-order valence-electron chi connectivity index (χ0n) is 15.0. The lowest BCUT2D eigenvalue weighted by Crippen LogP contribution is -2.48. The van der Waals surface area contributed by atoms with E-state index in [0.717, 1.165) is 5.56 Å². The summed E-state index contributed by atoms with van der Waals surface area (Å²) in [5.41, 5.74) is 1.42. The van der Waals surface area contributed by atoms with Crippen LogP contribution in [0, 0.1) is 12.7 Å². The van der Waals surface area contributed by atoms with Crippen molar-refractivity contribution in [3.05, 3.63) is 59.4 Å². The Kier molecular flexibility index (Phi) is 5.60. The molecule has 140 valence electrons. The Morgan fingerprint density at radius 1 is 1.08 bits per heavy atom. The Morgan fingerprint density at radius 2 is 1.77 bits per heavy atom. The molecule has 0 bridgehead atoms. The highest BCUT2D eigenvalue weighted by atomic mass is 32.2. The zero-order chi connectivity index (χ0) is 18.7. The Hall–Kier alpha value is -1.96. The summed E-state index contributed by atoms with van der Waals surface area (Å²) >= 11 is 0. The van der Waals surface area contributed by atoms with Gasteiger partial charge in [0.05, 0.1) is 12.0 Å². The Balaban J connectivity index is 1.67. The number of piperazine rings is 1. The van der Waals surface area contributed by atoms with Crippen LogP contribution in [-0.4, -0.2) is 50.9 Å². The number of methoxy groups -OCH3 is 1. The van der Waals surface area contributed by atoms with Crippen LogP contribution in [0.4, 0.5) is 4.39 Å². The molecule has 1 heterocycles. The lowest BCUT2D eigenvalue weighted by Gasteiger charge is -2.34. The molecule has 1 fully saturated rings. The van der Waals surface area contributed by atoms with E-state index in [1.165, 1.54) is 10.4 Å². The summed E-state index contributed by atoms with van der Waals surface area (Å²) < 4.78 is 46.2. The molecule has 1 aliphatic heterocycles. The van der Waals surface area contributed by atoms with Gasteiger partial charge in [-0.2, -0.15) is 4.31 Å². The van der Waals surface area contributed by atoms with E-state index in [1.807, 2.05) is 13.0 Å². The van der Waals surface area contributed by atoms with Crippen LogP contribution in [-0.2, 0) is 16.6 Å². The first-order valence-electron chi connectivity index (χ1n) is 8.52. The summed E-state index contributed by atoms with van der Waals surface area (Å²) in [6, 6.07) is 11.6. The van der Waals surface area contributed by atoms with Crippen molar-refractivity contribution in [3.8, 4) is 5.75 Å². The third-order valence-corrected chi connectivity index (χ3v) is 6.58. The Labute approximate surface area is 154 Å². The normalized spacial score (nSPS) is 16.6. The molecule has 1 aliphatic rings. The van der Waals surface area contributed by atoms with Gasteiger partial charge in [0.1, 0.15) is 11.6 Å².